The molecule has 20 heavy (non-hydrogen) atoms. The predicted octanol–water partition coefficient (Wildman–Crippen LogP) is 4.73. The van der Waals surface area contributed by atoms with Gasteiger partial charge in [0.15, 0.2) is 0 Å². The molecule has 2 nitrogen and oxygen atoms in total. The molecule has 2 rings (SSSR count). The van der Waals surface area contributed by atoms with Crippen molar-refractivity contribution >= 4 is 27.5 Å². The van der Waals surface area contributed by atoms with Crippen LogP contribution >= 0.6 is 27.5 Å². The summed E-state index contributed by atoms with van der Waals surface area (Å²) in [6.45, 7) is 2.04. The van der Waals surface area contributed by atoms with Crippen LogP contribution in [0.1, 0.15) is 22.7 Å². The molecule has 2 aromatic carbocycles. The van der Waals surface area contributed by atoms with Gasteiger partial charge in [0.25, 0.3) is 0 Å². The summed E-state index contributed by atoms with van der Waals surface area (Å²) in [7, 11) is 3.63. The molecule has 0 bridgehead atoms. The Morgan fingerprint density at radius 3 is 2.55 bits per heavy atom. The summed E-state index contributed by atoms with van der Waals surface area (Å²) in [4.78, 5) is 0. The van der Waals surface area contributed by atoms with Crippen LogP contribution in [0.25, 0.3) is 0 Å². The molecule has 0 saturated heterocycles. The molecule has 1 atom stereocenters. The van der Waals surface area contributed by atoms with Gasteiger partial charge in [-0.15, -0.1) is 0 Å². The van der Waals surface area contributed by atoms with Crippen molar-refractivity contribution in [3.8, 4) is 5.75 Å². The molecule has 2 aromatic rings. The fourth-order valence-corrected chi connectivity index (χ4v) is 2.97. The van der Waals surface area contributed by atoms with Crippen LogP contribution in [0.15, 0.2) is 40.9 Å². The van der Waals surface area contributed by atoms with E-state index >= 15 is 0 Å². The van der Waals surface area contributed by atoms with Gasteiger partial charge in [0, 0.05) is 9.50 Å². The zero-order valence-electron chi connectivity index (χ0n) is 11.7. The first-order chi connectivity index (χ1) is 9.56. The number of benzene rings is 2. The summed E-state index contributed by atoms with van der Waals surface area (Å²) >= 11 is 9.71. The smallest absolute Gasteiger partial charge is 0.121 e. The Bertz CT molecular complexity index is 615. The van der Waals surface area contributed by atoms with Crippen LogP contribution in [-0.2, 0) is 0 Å². The summed E-state index contributed by atoms with van der Waals surface area (Å²) < 4.78 is 6.35. The van der Waals surface area contributed by atoms with E-state index in [9.17, 15) is 0 Å². The van der Waals surface area contributed by atoms with Gasteiger partial charge in [-0.1, -0.05) is 39.7 Å². The molecule has 0 aliphatic rings. The molecule has 106 valence electrons. The van der Waals surface area contributed by atoms with E-state index in [2.05, 4.69) is 33.4 Å². The third-order valence-corrected chi connectivity index (χ3v) is 4.27. The molecule has 0 aliphatic carbocycles. The van der Waals surface area contributed by atoms with Crippen molar-refractivity contribution < 1.29 is 4.74 Å². The van der Waals surface area contributed by atoms with Gasteiger partial charge in [-0.2, -0.15) is 0 Å². The number of aryl methyl sites for hydroxylation is 1. The molecule has 1 N–H and O–H groups in total. The molecule has 0 saturated carbocycles. The van der Waals surface area contributed by atoms with Crippen molar-refractivity contribution in [2.45, 2.75) is 13.0 Å². The Kier molecular flexibility index (Phi) is 5.08. The van der Waals surface area contributed by atoms with Crippen LogP contribution in [0.2, 0.25) is 5.02 Å². The highest BCUT2D eigenvalue weighted by Crippen LogP contribution is 2.32. The quantitative estimate of drug-likeness (QED) is 0.857. The van der Waals surface area contributed by atoms with Crippen molar-refractivity contribution in [3.63, 3.8) is 0 Å². The fourth-order valence-electron chi connectivity index (χ4n) is 2.32. The zero-order valence-corrected chi connectivity index (χ0v) is 14.0. The summed E-state index contributed by atoms with van der Waals surface area (Å²) in [6.07, 6.45) is 0. The third kappa shape index (κ3) is 3.17. The lowest BCUT2D eigenvalue weighted by molar-refractivity contribution is 0.411. The predicted molar refractivity (Wildman–Crippen MR) is 87.8 cm³/mol. The van der Waals surface area contributed by atoms with Crippen molar-refractivity contribution in [2.24, 2.45) is 0 Å². The van der Waals surface area contributed by atoms with Gasteiger partial charge in [-0.05, 0) is 54.9 Å². The van der Waals surface area contributed by atoms with E-state index < -0.39 is 0 Å². The minimum absolute atomic E-state index is 0.0766. The van der Waals surface area contributed by atoms with E-state index in [-0.39, 0.29) is 6.04 Å². The molecule has 4 heteroatoms. The molecule has 0 spiro atoms. The maximum Gasteiger partial charge on any atom is 0.121 e. The molecular formula is C16H17BrClNO. The maximum absolute atomic E-state index is 6.12. The van der Waals surface area contributed by atoms with E-state index in [1.165, 1.54) is 5.56 Å². The molecule has 0 radical (unpaired) electrons. The summed E-state index contributed by atoms with van der Waals surface area (Å²) in [5.41, 5.74) is 3.40. The Morgan fingerprint density at radius 1 is 1.20 bits per heavy atom. The monoisotopic (exact) mass is 353 g/mol. The van der Waals surface area contributed by atoms with E-state index in [0.29, 0.717) is 0 Å². The number of nitrogens with one attached hydrogen (secondary N) is 1. The Balaban J connectivity index is 2.46. The lowest BCUT2D eigenvalue weighted by Crippen LogP contribution is -2.18. The molecule has 0 amide bonds. The first-order valence-electron chi connectivity index (χ1n) is 6.33. The number of rotatable bonds is 4. The maximum atomic E-state index is 6.12. The summed E-state index contributed by atoms with van der Waals surface area (Å²) in [5, 5.41) is 4.07. The van der Waals surface area contributed by atoms with Gasteiger partial charge in [-0.25, -0.2) is 0 Å². The summed E-state index contributed by atoms with van der Waals surface area (Å²) in [6, 6.07) is 12.1. The lowest BCUT2D eigenvalue weighted by Gasteiger charge is -2.20. The average molecular weight is 355 g/mol. The second-order valence-corrected chi connectivity index (χ2v) is 5.91. The van der Waals surface area contributed by atoms with Gasteiger partial charge in [0.1, 0.15) is 5.75 Å². The lowest BCUT2D eigenvalue weighted by atomic mass is 9.97. The van der Waals surface area contributed by atoms with Crippen molar-refractivity contribution in [1.82, 2.24) is 5.32 Å². The highest BCUT2D eigenvalue weighted by molar-refractivity contribution is 9.10. The number of hydrogen-bond donors (Lipinski definition) is 1. The Labute approximate surface area is 133 Å². The SMILES string of the molecule is CNC(c1ccc(OC)c(C)c1)c1cc(Cl)ccc1Br. The molecule has 0 aromatic heterocycles. The van der Waals surface area contributed by atoms with Crippen molar-refractivity contribution in [1.29, 1.82) is 0 Å². The van der Waals surface area contributed by atoms with Gasteiger partial charge in [0.05, 0.1) is 13.2 Å². The molecule has 0 aliphatic heterocycles. The first-order valence-corrected chi connectivity index (χ1v) is 7.50. The van der Waals surface area contributed by atoms with Gasteiger partial charge in [0.2, 0.25) is 0 Å². The van der Waals surface area contributed by atoms with E-state index in [0.717, 1.165) is 26.4 Å². The minimum atomic E-state index is 0.0766. The first kappa shape index (κ1) is 15.4. The van der Waals surface area contributed by atoms with Crippen LogP contribution < -0.4 is 10.1 Å². The van der Waals surface area contributed by atoms with E-state index in [4.69, 9.17) is 16.3 Å². The minimum Gasteiger partial charge on any atom is -0.496 e. The number of halogens is 2. The molecule has 1 unspecified atom stereocenters. The highest BCUT2D eigenvalue weighted by Gasteiger charge is 2.16. The van der Waals surface area contributed by atoms with Crippen molar-refractivity contribution in [3.05, 3.63) is 62.6 Å². The number of ether oxygens (including phenoxy) is 1. The van der Waals surface area contributed by atoms with Crippen LogP contribution in [0.4, 0.5) is 0 Å². The number of hydrogen-bond acceptors (Lipinski definition) is 2. The normalized spacial score (nSPS) is 12.2. The van der Waals surface area contributed by atoms with Gasteiger partial charge >= 0.3 is 0 Å². The Hall–Kier alpha value is -1.03. The van der Waals surface area contributed by atoms with Gasteiger partial charge in [-0.3, -0.25) is 0 Å². The topological polar surface area (TPSA) is 21.3 Å². The second-order valence-electron chi connectivity index (χ2n) is 4.62. The fraction of sp³-hybridized carbons (Fsp3) is 0.250. The highest BCUT2D eigenvalue weighted by atomic mass is 79.9. The van der Waals surface area contributed by atoms with Crippen LogP contribution in [0.3, 0.4) is 0 Å². The third-order valence-electron chi connectivity index (χ3n) is 3.31. The molecule has 0 heterocycles. The van der Waals surface area contributed by atoms with Crippen molar-refractivity contribution in [2.75, 3.05) is 14.2 Å². The van der Waals surface area contributed by atoms with Crippen LogP contribution in [0.5, 0.6) is 5.75 Å². The molecule has 0 fully saturated rings. The molecular weight excluding hydrogens is 338 g/mol. The second kappa shape index (κ2) is 6.61. The summed E-state index contributed by atoms with van der Waals surface area (Å²) in [5.74, 6) is 0.897. The Morgan fingerprint density at radius 2 is 1.95 bits per heavy atom. The standard InChI is InChI=1S/C16H17BrClNO/c1-10-8-11(4-7-15(10)20-3)16(19-2)13-9-12(18)5-6-14(13)17/h4-9,16,19H,1-3H3. The largest absolute Gasteiger partial charge is 0.496 e. The van der Waals surface area contributed by atoms with Gasteiger partial charge < -0.3 is 10.1 Å². The van der Waals surface area contributed by atoms with Crippen LogP contribution in [0, 0.1) is 6.92 Å². The van der Waals surface area contributed by atoms with E-state index in [1.807, 2.05) is 38.2 Å². The van der Waals surface area contributed by atoms with Crippen LogP contribution in [-0.4, -0.2) is 14.2 Å². The number of methoxy groups -OCH3 is 1. The van der Waals surface area contributed by atoms with E-state index in [1.54, 1.807) is 7.11 Å². The average Bonchev–Trinajstić information content (AvgIpc) is 2.44. The zero-order chi connectivity index (χ0) is 14.7.